The molecule has 0 aliphatic carbocycles. The lowest BCUT2D eigenvalue weighted by Gasteiger charge is -2.10. The highest BCUT2D eigenvalue weighted by atomic mass is 35.5. The summed E-state index contributed by atoms with van der Waals surface area (Å²) in [6, 6.07) is 10.6. The van der Waals surface area contributed by atoms with Crippen molar-refractivity contribution in [2.75, 3.05) is 7.11 Å². The van der Waals surface area contributed by atoms with Gasteiger partial charge in [-0.15, -0.1) is 0 Å². The SMILES string of the molecule is COc1cc(/C=C2/N=C(c3cccc(C)c3)OC2=O)cc(Cl)c1OC(C)=O. The average molecular weight is 386 g/mol. The van der Waals surface area contributed by atoms with Crippen LogP contribution in [-0.4, -0.2) is 24.9 Å². The summed E-state index contributed by atoms with van der Waals surface area (Å²) in [5, 5.41) is 0.172. The maximum atomic E-state index is 12.2. The Bertz CT molecular complexity index is 994. The van der Waals surface area contributed by atoms with Gasteiger partial charge in [0.25, 0.3) is 0 Å². The minimum Gasteiger partial charge on any atom is -0.493 e. The molecule has 27 heavy (non-hydrogen) atoms. The fourth-order valence-corrected chi connectivity index (χ4v) is 2.79. The van der Waals surface area contributed by atoms with Crippen molar-refractivity contribution in [3.05, 3.63) is 63.8 Å². The van der Waals surface area contributed by atoms with Gasteiger partial charge in [0.15, 0.2) is 17.2 Å². The number of hydrogen-bond acceptors (Lipinski definition) is 6. The van der Waals surface area contributed by atoms with Gasteiger partial charge < -0.3 is 14.2 Å². The fraction of sp³-hybridized carbons (Fsp3) is 0.150. The van der Waals surface area contributed by atoms with Crippen molar-refractivity contribution in [1.29, 1.82) is 0 Å². The summed E-state index contributed by atoms with van der Waals surface area (Å²) in [7, 11) is 1.42. The number of aryl methyl sites for hydroxylation is 1. The standard InChI is InChI=1S/C20H16ClNO5/c1-11-5-4-6-14(7-11)19-22-16(20(24)27-19)9-13-8-15(21)18(26-12(2)23)17(10-13)25-3/h4-10H,1-3H3/b16-9+. The Balaban J connectivity index is 1.97. The molecule has 0 saturated carbocycles. The number of aliphatic imine (C=N–C) groups is 1. The van der Waals surface area contributed by atoms with E-state index in [2.05, 4.69) is 4.99 Å². The highest BCUT2D eigenvalue weighted by molar-refractivity contribution is 6.32. The van der Waals surface area contributed by atoms with E-state index in [0.717, 1.165) is 5.56 Å². The maximum Gasteiger partial charge on any atom is 0.363 e. The summed E-state index contributed by atoms with van der Waals surface area (Å²) in [5.74, 6) is -0.464. The number of methoxy groups -OCH3 is 1. The van der Waals surface area contributed by atoms with Gasteiger partial charge in [-0.3, -0.25) is 4.79 Å². The lowest BCUT2D eigenvalue weighted by molar-refractivity contribution is -0.132. The van der Waals surface area contributed by atoms with Crippen molar-refractivity contribution in [3.8, 4) is 11.5 Å². The van der Waals surface area contributed by atoms with Crippen LogP contribution in [0.5, 0.6) is 11.5 Å². The van der Waals surface area contributed by atoms with Crippen molar-refractivity contribution < 1.29 is 23.8 Å². The molecule has 0 aromatic heterocycles. The third kappa shape index (κ3) is 4.17. The molecule has 1 heterocycles. The normalized spacial score (nSPS) is 14.7. The van der Waals surface area contributed by atoms with Crippen LogP contribution >= 0.6 is 11.6 Å². The van der Waals surface area contributed by atoms with E-state index < -0.39 is 11.9 Å². The molecule has 2 aromatic rings. The summed E-state index contributed by atoms with van der Waals surface area (Å²) in [6.45, 7) is 3.21. The second-order valence-corrected chi connectivity index (χ2v) is 6.24. The monoisotopic (exact) mass is 385 g/mol. The van der Waals surface area contributed by atoms with Crippen molar-refractivity contribution in [2.45, 2.75) is 13.8 Å². The van der Waals surface area contributed by atoms with Crippen LogP contribution in [0.2, 0.25) is 5.02 Å². The molecule has 0 N–H and O–H groups in total. The number of hydrogen-bond donors (Lipinski definition) is 0. The number of halogens is 1. The molecule has 6 nitrogen and oxygen atoms in total. The highest BCUT2D eigenvalue weighted by Gasteiger charge is 2.24. The number of cyclic esters (lactones) is 1. The molecule has 0 saturated heterocycles. The van der Waals surface area contributed by atoms with Crippen molar-refractivity contribution in [1.82, 2.24) is 0 Å². The van der Waals surface area contributed by atoms with Crippen LogP contribution in [0.1, 0.15) is 23.6 Å². The average Bonchev–Trinajstić information content (AvgIpc) is 2.97. The van der Waals surface area contributed by atoms with E-state index in [9.17, 15) is 9.59 Å². The molecule has 3 rings (SSSR count). The first-order valence-electron chi connectivity index (χ1n) is 8.03. The van der Waals surface area contributed by atoms with Crippen LogP contribution in [0.3, 0.4) is 0 Å². The number of carbonyl (C=O) groups excluding carboxylic acids is 2. The molecule has 1 aliphatic rings. The van der Waals surface area contributed by atoms with Gasteiger partial charge in [0.1, 0.15) is 0 Å². The quantitative estimate of drug-likeness (QED) is 0.453. The van der Waals surface area contributed by atoms with E-state index in [4.69, 9.17) is 25.8 Å². The highest BCUT2D eigenvalue weighted by Crippen LogP contribution is 2.37. The first kappa shape index (κ1) is 18.7. The summed E-state index contributed by atoms with van der Waals surface area (Å²) >= 11 is 6.18. The largest absolute Gasteiger partial charge is 0.493 e. The predicted octanol–water partition coefficient (Wildman–Crippen LogP) is 3.93. The predicted molar refractivity (Wildman–Crippen MR) is 101 cm³/mol. The molecule has 7 heteroatoms. The number of esters is 2. The molecule has 0 unspecified atom stereocenters. The Morgan fingerprint density at radius 1 is 1.26 bits per heavy atom. The van der Waals surface area contributed by atoms with Crippen LogP contribution in [-0.2, 0) is 14.3 Å². The molecule has 1 aliphatic heterocycles. The molecule has 138 valence electrons. The maximum absolute atomic E-state index is 12.2. The zero-order valence-corrected chi connectivity index (χ0v) is 15.7. The van der Waals surface area contributed by atoms with Gasteiger partial charge >= 0.3 is 11.9 Å². The van der Waals surface area contributed by atoms with Gasteiger partial charge in [-0.2, -0.15) is 0 Å². The zero-order chi connectivity index (χ0) is 19.6. The molecule has 0 fully saturated rings. The first-order chi connectivity index (χ1) is 12.9. The van der Waals surface area contributed by atoms with Gasteiger partial charge in [0.2, 0.25) is 5.90 Å². The lowest BCUT2D eigenvalue weighted by Crippen LogP contribution is -2.05. The van der Waals surface area contributed by atoms with Crippen LogP contribution < -0.4 is 9.47 Å². The van der Waals surface area contributed by atoms with Crippen LogP contribution in [0, 0.1) is 6.92 Å². The van der Waals surface area contributed by atoms with E-state index in [0.29, 0.717) is 11.1 Å². The number of ether oxygens (including phenoxy) is 3. The van der Waals surface area contributed by atoms with Crippen LogP contribution in [0.15, 0.2) is 47.1 Å². The van der Waals surface area contributed by atoms with Gasteiger partial charge in [-0.25, -0.2) is 9.79 Å². The van der Waals surface area contributed by atoms with Crippen molar-refractivity contribution >= 4 is 35.5 Å². The fourth-order valence-electron chi connectivity index (χ4n) is 2.53. The van der Waals surface area contributed by atoms with E-state index in [1.165, 1.54) is 20.1 Å². The Kier molecular flexibility index (Phi) is 5.28. The Labute approximate surface area is 161 Å². The summed E-state index contributed by atoms with van der Waals surface area (Å²) in [5.41, 5.74) is 2.42. The van der Waals surface area contributed by atoms with Crippen LogP contribution in [0.25, 0.3) is 6.08 Å². The second kappa shape index (κ2) is 7.63. The van der Waals surface area contributed by atoms with E-state index in [1.807, 2.05) is 31.2 Å². The lowest BCUT2D eigenvalue weighted by atomic mass is 10.1. The minimum atomic E-state index is -0.564. The zero-order valence-electron chi connectivity index (χ0n) is 14.9. The number of carbonyl (C=O) groups is 2. The third-order valence-electron chi connectivity index (χ3n) is 3.69. The molecule has 0 bridgehead atoms. The van der Waals surface area contributed by atoms with Gasteiger partial charge in [-0.05, 0) is 42.8 Å². The third-order valence-corrected chi connectivity index (χ3v) is 3.97. The number of nitrogens with zero attached hydrogens (tertiary/aromatic N) is 1. The Morgan fingerprint density at radius 3 is 2.70 bits per heavy atom. The van der Waals surface area contributed by atoms with Gasteiger partial charge in [-0.1, -0.05) is 29.3 Å². The molecular formula is C20H16ClNO5. The molecule has 0 radical (unpaired) electrons. The topological polar surface area (TPSA) is 74.2 Å². The summed E-state index contributed by atoms with van der Waals surface area (Å²) in [4.78, 5) is 27.6. The van der Waals surface area contributed by atoms with Gasteiger partial charge in [0.05, 0.1) is 12.1 Å². The van der Waals surface area contributed by atoms with Crippen LogP contribution in [0.4, 0.5) is 0 Å². The first-order valence-corrected chi connectivity index (χ1v) is 8.40. The number of rotatable bonds is 4. The van der Waals surface area contributed by atoms with Crippen molar-refractivity contribution in [2.24, 2.45) is 4.99 Å². The summed E-state index contributed by atoms with van der Waals surface area (Å²) in [6.07, 6.45) is 1.52. The molecule has 0 spiro atoms. The van der Waals surface area contributed by atoms with E-state index >= 15 is 0 Å². The second-order valence-electron chi connectivity index (χ2n) is 5.83. The van der Waals surface area contributed by atoms with Crippen molar-refractivity contribution in [3.63, 3.8) is 0 Å². The Hall–Kier alpha value is -3.12. The van der Waals surface area contributed by atoms with E-state index in [1.54, 1.807) is 12.1 Å². The minimum absolute atomic E-state index is 0.117. The number of benzene rings is 2. The van der Waals surface area contributed by atoms with E-state index in [-0.39, 0.29) is 28.1 Å². The molecule has 0 amide bonds. The summed E-state index contributed by atoms with van der Waals surface area (Å²) < 4.78 is 15.5. The molecular weight excluding hydrogens is 370 g/mol. The molecule has 2 aromatic carbocycles. The Morgan fingerprint density at radius 2 is 2.04 bits per heavy atom. The van der Waals surface area contributed by atoms with Gasteiger partial charge in [0, 0.05) is 12.5 Å². The smallest absolute Gasteiger partial charge is 0.363 e. The molecule has 0 atom stereocenters.